The van der Waals surface area contributed by atoms with Gasteiger partial charge in [0.25, 0.3) is 0 Å². The first-order valence-corrected chi connectivity index (χ1v) is 8.61. The van der Waals surface area contributed by atoms with Gasteiger partial charge in [-0.15, -0.1) is 0 Å². The summed E-state index contributed by atoms with van der Waals surface area (Å²) in [6, 6.07) is 3.95. The molecule has 2 aliphatic heterocycles. The number of benzene rings is 1. The van der Waals surface area contributed by atoms with Crippen molar-refractivity contribution in [2.24, 2.45) is 0 Å². The Hall–Kier alpha value is -1.84. The van der Waals surface area contributed by atoms with Gasteiger partial charge in [0.2, 0.25) is 5.91 Å². The zero-order chi connectivity index (χ0) is 18.7. The Morgan fingerprint density at radius 2 is 2.15 bits per heavy atom. The van der Waals surface area contributed by atoms with Gasteiger partial charge < -0.3 is 14.7 Å². The highest BCUT2D eigenvalue weighted by Gasteiger charge is 2.37. The molecule has 2 heterocycles. The van der Waals surface area contributed by atoms with E-state index < -0.39 is 17.8 Å². The second-order valence-electron chi connectivity index (χ2n) is 6.62. The minimum Gasteiger partial charge on any atom is -0.492 e. The van der Waals surface area contributed by atoms with Crippen LogP contribution in [0.5, 0.6) is 5.75 Å². The molecule has 1 aromatic rings. The molecule has 1 aromatic carbocycles. The summed E-state index contributed by atoms with van der Waals surface area (Å²) in [5.41, 5.74) is 5.11. The number of hydrogen-bond acceptors (Lipinski definition) is 5. The third-order valence-electron chi connectivity index (χ3n) is 4.76. The molecule has 3 N–H and O–H groups in total. The Balaban J connectivity index is 1.51. The molecule has 0 aliphatic carbocycles. The van der Waals surface area contributed by atoms with E-state index >= 15 is 0 Å². The summed E-state index contributed by atoms with van der Waals surface area (Å²) in [4.78, 5) is 14.2. The van der Waals surface area contributed by atoms with E-state index in [0.29, 0.717) is 13.0 Å². The second-order valence-corrected chi connectivity index (χ2v) is 6.62. The molecule has 9 heteroatoms. The van der Waals surface area contributed by atoms with Crippen LogP contribution >= 0.6 is 0 Å². The Morgan fingerprint density at radius 1 is 1.35 bits per heavy atom. The van der Waals surface area contributed by atoms with Crippen LogP contribution in [-0.2, 0) is 11.0 Å². The number of amides is 1. The average molecular weight is 373 g/mol. The van der Waals surface area contributed by atoms with Crippen molar-refractivity contribution in [3.05, 3.63) is 29.8 Å². The number of hydrazine groups is 1. The lowest BCUT2D eigenvalue weighted by molar-refractivity contribution is -0.137. The van der Waals surface area contributed by atoms with Crippen molar-refractivity contribution in [3.63, 3.8) is 0 Å². The number of hydrogen-bond donors (Lipinski definition) is 3. The van der Waals surface area contributed by atoms with Gasteiger partial charge in [0.05, 0.1) is 24.3 Å². The number of halogens is 3. The van der Waals surface area contributed by atoms with Crippen LogP contribution in [0, 0.1) is 0 Å². The predicted molar refractivity (Wildman–Crippen MR) is 87.2 cm³/mol. The molecule has 6 nitrogen and oxygen atoms in total. The van der Waals surface area contributed by atoms with E-state index in [2.05, 4.69) is 10.9 Å². The molecule has 1 amide bonds. The molecule has 2 aliphatic rings. The molecule has 0 radical (unpaired) electrons. The van der Waals surface area contributed by atoms with Crippen molar-refractivity contribution in [2.45, 2.75) is 43.6 Å². The molecule has 0 saturated carbocycles. The quantitative estimate of drug-likeness (QED) is 0.726. The van der Waals surface area contributed by atoms with Crippen LogP contribution in [0.3, 0.4) is 0 Å². The van der Waals surface area contributed by atoms with Crippen molar-refractivity contribution >= 4 is 5.91 Å². The van der Waals surface area contributed by atoms with Crippen molar-refractivity contribution in [1.29, 1.82) is 0 Å². The number of carbonyl (C=O) groups excluding carboxylic acids is 1. The van der Waals surface area contributed by atoms with Gasteiger partial charge in [-0.05, 0) is 37.5 Å². The topological polar surface area (TPSA) is 73.8 Å². The van der Waals surface area contributed by atoms with E-state index in [1.54, 1.807) is 4.90 Å². The van der Waals surface area contributed by atoms with Crippen LogP contribution in [0.1, 0.15) is 24.8 Å². The molecule has 2 unspecified atom stereocenters. The number of aliphatic hydroxyl groups is 1. The number of aliphatic hydroxyl groups excluding tert-OH is 1. The number of nitrogens with one attached hydrogen (secondary N) is 2. The average Bonchev–Trinajstić information content (AvgIpc) is 3.28. The standard InChI is InChI=1S/C17H22F3N3O3/c18-17(19,20)11-3-1-5-14(7-11)26-10-12-8-15(22-21-12)16(25)23-6-2-4-13(23)9-24/h1,3,5,7,12-13,15,21-22,24H,2,4,6,8-10H2/t12?,13-,15?/m0/s1. The fourth-order valence-corrected chi connectivity index (χ4v) is 3.37. The molecule has 3 rings (SSSR count). The summed E-state index contributed by atoms with van der Waals surface area (Å²) in [5, 5.41) is 9.34. The largest absolute Gasteiger partial charge is 0.492 e. The smallest absolute Gasteiger partial charge is 0.416 e. The molecular formula is C17H22F3N3O3. The van der Waals surface area contributed by atoms with Gasteiger partial charge in [-0.1, -0.05) is 6.07 Å². The number of rotatable bonds is 5. The Bertz CT molecular complexity index is 641. The lowest BCUT2D eigenvalue weighted by Gasteiger charge is -2.25. The molecule has 0 spiro atoms. The summed E-state index contributed by atoms with van der Waals surface area (Å²) in [6.07, 6.45) is -2.28. The SMILES string of the molecule is O=C(C1CC(COc2cccc(C(F)(F)F)c2)NN1)N1CCC[C@H]1CO. The van der Waals surface area contributed by atoms with Gasteiger partial charge in [0.15, 0.2) is 0 Å². The maximum atomic E-state index is 12.7. The fraction of sp³-hybridized carbons (Fsp3) is 0.588. The maximum absolute atomic E-state index is 12.7. The first-order chi connectivity index (χ1) is 12.4. The Morgan fingerprint density at radius 3 is 2.88 bits per heavy atom. The predicted octanol–water partition coefficient (Wildman–Crippen LogP) is 1.30. The summed E-state index contributed by atoms with van der Waals surface area (Å²) >= 11 is 0. The maximum Gasteiger partial charge on any atom is 0.416 e. The number of ether oxygens (including phenoxy) is 1. The van der Waals surface area contributed by atoms with E-state index in [1.807, 2.05) is 0 Å². The molecule has 144 valence electrons. The van der Waals surface area contributed by atoms with Crippen LogP contribution in [0.15, 0.2) is 24.3 Å². The zero-order valence-electron chi connectivity index (χ0n) is 14.1. The summed E-state index contributed by atoms with van der Waals surface area (Å²) in [5.74, 6) is 0.0620. The van der Waals surface area contributed by atoms with Crippen LogP contribution in [-0.4, -0.2) is 53.8 Å². The molecule has 2 fully saturated rings. The minimum atomic E-state index is -4.41. The van der Waals surface area contributed by atoms with E-state index in [0.717, 1.165) is 25.0 Å². The molecule has 0 bridgehead atoms. The van der Waals surface area contributed by atoms with Crippen molar-refractivity contribution in [3.8, 4) is 5.75 Å². The first-order valence-electron chi connectivity index (χ1n) is 8.61. The van der Waals surface area contributed by atoms with E-state index in [4.69, 9.17) is 4.74 Å². The Kier molecular flexibility index (Phi) is 5.69. The van der Waals surface area contributed by atoms with Gasteiger partial charge in [0.1, 0.15) is 18.4 Å². The number of likely N-dealkylation sites (tertiary alicyclic amines) is 1. The minimum absolute atomic E-state index is 0.0476. The van der Waals surface area contributed by atoms with Crippen LogP contribution in [0.25, 0.3) is 0 Å². The number of nitrogens with zero attached hydrogens (tertiary/aromatic N) is 1. The van der Waals surface area contributed by atoms with Crippen LogP contribution in [0.2, 0.25) is 0 Å². The van der Waals surface area contributed by atoms with Gasteiger partial charge in [0, 0.05) is 6.54 Å². The molecular weight excluding hydrogens is 351 g/mol. The summed E-state index contributed by atoms with van der Waals surface area (Å²) in [6.45, 7) is 0.725. The highest BCUT2D eigenvalue weighted by Crippen LogP contribution is 2.31. The van der Waals surface area contributed by atoms with Crippen LogP contribution < -0.4 is 15.6 Å². The normalized spacial score (nSPS) is 26.3. The zero-order valence-corrected chi connectivity index (χ0v) is 14.1. The fourth-order valence-electron chi connectivity index (χ4n) is 3.37. The lowest BCUT2D eigenvalue weighted by Crippen LogP contribution is -2.48. The van der Waals surface area contributed by atoms with Gasteiger partial charge >= 0.3 is 6.18 Å². The van der Waals surface area contributed by atoms with Crippen LogP contribution in [0.4, 0.5) is 13.2 Å². The van der Waals surface area contributed by atoms with E-state index in [-0.39, 0.29) is 37.0 Å². The van der Waals surface area contributed by atoms with E-state index in [1.165, 1.54) is 12.1 Å². The summed E-state index contributed by atoms with van der Waals surface area (Å²) < 4.78 is 43.6. The Labute approximate surface area is 149 Å². The summed E-state index contributed by atoms with van der Waals surface area (Å²) in [7, 11) is 0. The third kappa shape index (κ3) is 4.28. The molecule has 3 atom stereocenters. The molecule has 26 heavy (non-hydrogen) atoms. The van der Waals surface area contributed by atoms with Gasteiger partial charge in [-0.25, -0.2) is 5.43 Å². The lowest BCUT2D eigenvalue weighted by atomic mass is 10.1. The second kappa shape index (κ2) is 7.81. The first kappa shape index (κ1) is 18.9. The van der Waals surface area contributed by atoms with Crippen molar-refractivity contribution in [2.75, 3.05) is 19.8 Å². The number of alkyl halides is 3. The van der Waals surface area contributed by atoms with Crippen molar-refractivity contribution < 1.29 is 27.8 Å². The monoisotopic (exact) mass is 373 g/mol. The van der Waals surface area contributed by atoms with Crippen molar-refractivity contribution in [1.82, 2.24) is 15.8 Å². The van der Waals surface area contributed by atoms with Gasteiger partial charge in [-0.2, -0.15) is 13.2 Å². The third-order valence-corrected chi connectivity index (χ3v) is 4.76. The molecule has 2 saturated heterocycles. The number of carbonyl (C=O) groups is 1. The highest BCUT2D eigenvalue weighted by atomic mass is 19.4. The van der Waals surface area contributed by atoms with E-state index in [9.17, 15) is 23.1 Å². The highest BCUT2D eigenvalue weighted by molar-refractivity contribution is 5.82. The van der Waals surface area contributed by atoms with Gasteiger partial charge in [-0.3, -0.25) is 10.2 Å². The molecule has 0 aromatic heterocycles.